The Balaban J connectivity index is 1.96. The lowest BCUT2D eigenvalue weighted by atomic mass is 9.95. The summed E-state index contributed by atoms with van der Waals surface area (Å²) < 4.78 is 0. The van der Waals surface area contributed by atoms with Crippen LogP contribution in [0.5, 0.6) is 0 Å². The first-order chi connectivity index (χ1) is 14.0. The number of aliphatic hydroxyl groups is 1. The number of pyridine rings is 1. The lowest BCUT2D eigenvalue weighted by Crippen LogP contribution is -2.30. The number of ketones is 1. The second-order valence-electron chi connectivity index (χ2n) is 7.08. The zero-order valence-electron chi connectivity index (χ0n) is 16.2. The maximum Gasteiger partial charge on any atom is 0.301 e. The van der Waals surface area contributed by atoms with Gasteiger partial charge in [-0.15, -0.1) is 0 Å². The van der Waals surface area contributed by atoms with Crippen LogP contribution < -0.4 is 4.90 Å². The number of carbonyl (C=O) groups is 2. The Bertz CT molecular complexity index is 1120. The van der Waals surface area contributed by atoms with E-state index in [9.17, 15) is 14.7 Å². The molecule has 2 aromatic carbocycles. The van der Waals surface area contributed by atoms with E-state index in [1.165, 1.54) is 4.90 Å². The molecule has 5 heteroatoms. The van der Waals surface area contributed by atoms with Crippen LogP contribution in [0, 0.1) is 13.8 Å². The van der Waals surface area contributed by atoms with Crippen molar-refractivity contribution in [2.24, 2.45) is 0 Å². The predicted octanol–water partition coefficient (Wildman–Crippen LogP) is 4.32. The minimum absolute atomic E-state index is 0.0633. The third-order valence-electron chi connectivity index (χ3n) is 5.01. The number of Topliss-reactive ketones (excluding diaryl/α,β-unsaturated/α-hetero) is 1. The van der Waals surface area contributed by atoms with Crippen molar-refractivity contribution < 1.29 is 14.7 Å². The normalized spacial score (nSPS) is 18.3. The van der Waals surface area contributed by atoms with E-state index >= 15 is 0 Å². The molecule has 0 saturated carbocycles. The second-order valence-corrected chi connectivity index (χ2v) is 7.08. The molecule has 1 unspecified atom stereocenters. The summed E-state index contributed by atoms with van der Waals surface area (Å²) in [4.78, 5) is 31.8. The number of rotatable bonds is 3. The number of hydrogen-bond acceptors (Lipinski definition) is 4. The zero-order chi connectivity index (χ0) is 20.5. The Morgan fingerprint density at radius 3 is 2.24 bits per heavy atom. The molecule has 4 rings (SSSR count). The number of anilines is 1. The molecule has 0 spiro atoms. The Labute approximate surface area is 169 Å². The molecule has 0 aliphatic carbocycles. The third kappa shape index (κ3) is 3.31. The summed E-state index contributed by atoms with van der Waals surface area (Å²) in [5.41, 5.74) is 3.07. The van der Waals surface area contributed by atoms with Gasteiger partial charge in [-0.2, -0.15) is 0 Å². The van der Waals surface area contributed by atoms with Gasteiger partial charge in [0.1, 0.15) is 11.6 Å². The van der Waals surface area contributed by atoms with Crippen LogP contribution in [0.2, 0.25) is 0 Å². The number of amides is 1. The predicted molar refractivity (Wildman–Crippen MR) is 111 cm³/mol. The monoisotopic (exact) mass is 384 g/mol. The van der Waals surface area contributed by atoms with Gasteiger partial charge in [0.25, 0.3) is 5.78 Å². The van der Waals surface area contributed by atoms with Gasteiger partial charge in [0.05, 0.1) is 11.6 Å². The van der Waals surface area contributed by atoms with Gasteiger partial charge >= 0.3 is 5.91 Å². The average molecular weight is 384 g/mol. The van der Waals surface area contributed by atoms with Crippen molar-refractivity contribution in [2.75, 3.05) is 4.90 Å². The van der Waals surface area contributed by atoms with Crippen LogP contribution >= 0.6 is 0 Å². The fourth-order valence-corrected chi connectivity index (χ4v) is 3.55. The van der Waals surface area contributed by atoms with Crippen molar-refractivity contribution in [1.82, 2.24) is 4.98 Å². The Kier molecular flexibility index (Phi) is 4.72. The molecule has 5 nitrogen and oxygen atoms in total. The molecule has 1 aliphatic rings. The first kappa shape index (κ1) is 18.6. The first-order valence-corrected chi connectivity index (χ1v) is 9.34. The molecule has 1 aliphatic heterocycles. The van der Waals surface area contributed by atoms with Gasteiger partial charge in [-0.05, 0) is 31.5 Å². The molecule has 2 heterocycles. The average Bonchev–Trinajstić information content (AvgIpc) is 2.99. The van der Waals surface area contributed by atoms with Gasteiger partial charge in [-0.25, -0.2) is 4.98 Å². The summed E-state index contributed by atoms with van der Waals surface area (Å²) in [7, 11) is 0. The van der Waals surface area contributed by atoms with Crippen molar-refractivity contribution in [3.63, 3.8) is 0 Å². The molecule has 1 aromatic heterocycles. The van der Waals surface area contributed by atoms with Crippen LogP contribution in [0.25, 0.3) is 5.76 Å². The summed E-state index contributed by atoms with van der Waals surface area (Å²) in [6.07, 6.45) is 0. The zero-order valence-corrected chi connectivity index (χ0v) is 16.2. The molecular formula is C24H20N2O3. The van der Waals surface area contributed by atoms with Gasteiger partial charge < -0.3 is 5.11 Å². The molecule has 0 bridgehead atoms. The van der Waals surface area contributed by atoms with Crippen LogP contribution in [0.4, 0.5) is 5.82 Å². The number of nitrogens with zero attached hydrogens (tertiary/aromatic N) is 2. The highest BCUT2D eigenvalue weighted by Gasteiger charge is 2.47. The van der Waals surface area contributed by atoms with E-state index < -0.39 is 17.7 Å². The molecule has 1 fully saturated rings. The second kappa shape index (κ2) is 7.36. The van der Waals surface area contributed by atoms with Crippen molar-refractivity contribution in [3.8, 4) is 0 Å². The van der Waals surface area contributed by atoms with Crippen LogP contribution in [-0.4, -0.2) is 21.8 Å². The summed E-state index contributed by atoms with van der Waals surface area (Å²) in [6, 6.07) is 20.9. The topological polar surface area (TPSA) is 70.5 Å². The number of carbonyl (C=O) groups excluding carboxylic acids is 2. The van der Waals surface area contributed by atoms with Crippen LogP contribution in [0.1, 0.15) is 28.4 Å². The van der Waals surface area contributed by atoms with Gasteiger partial charge in [-0.3, -0.25) is 14.5 Å². The summed E-state index contributed by atoms with van der Waals surface area (Å²) in [5, 5.41) is 11.0. The van der Waals surface area contributed by atoms with E-state index in [4.69, 9.17) is 0 Å². The largest absolute Gasteiger partial charge is 0.507 e. The number of aromatic nitrogens is 1. The number of aryl methyl sites for hydroxylation is 2. The summed E-state index contributed by atoms with van der Waals surface area (Å²) >= 11 is 0. The summed E-state index contributed by atoms with van der Waals surface area (Å²) in [5.74, 6) is -1.24. The van der Waals surface area contributed by atoms with E-state index in [1.807, 2.05) is 50.2 Å². The maximum absolute atomic E-state index is 13.0. The molecule has 1 atom stereocenters. The quantitative estimate of drug-likeness (QED) is 0.415. The maximum atomic E-state index is 13.0. The standard InChI is InChI=1S/C24H20N2O3/c1-15-11-13-17(14-12-15)21-20(22(27)18-8-4-3-5-9-18)23(28)24(29)26(21)19-10-6-7-16(2)25-19/h3-14,21,27H,1-2H3. The van der Waals surface area contributed by atoms with Crippen LogP contribution in [0.15, 0.2) is 78.4 Å². The minimum atomic E-state index is -0.759. The lowest BCUT2D eigenvalue weighted by molar-refractivity contribution is -0.132. The van der Waals surface area contributed by atoms with Crippen molar-refractivity contribution in [3.05, 3.63) is 101 Å². The Hall–Kier alpha value is -3.73. The highest BCUT2D eigenvalue weighted by molar-refractivity contribution is 6.51. The molecule has 144 valence electrons. The van der Waals surface area contributed by atoms with E-state index in [0.29, 0.717) is 11.4 Å². The van der Waals surface area contributed by atoms with Crippen molar-refractivity contribution in [1.29, 1.82) is 0 Å². The van der Waals surface area contributed by atoms with Crippen molar-refractivity contribution in [2.45, 2.75) is 19.9 Å². The Morgan fingerprint density at radius 1 is 0.897 bits per heavy atom. The van der Waals surface area contributed by atoms with Gasteiger partial charge in [0.2, 0.25) is 0 Å². The van der Waals surface area contributed by atoms with Crippen LogP contribution in [0.3, 0.4) is 0 Å². The van der Waals surface area contributed by atoms with Gasteiger partial charge in [0.15, 0.2) is 0 Å². The fourth-order valence-electron chi connectivity index (χ4n) is 3.55. The van der Waals surface area contributed by atoms with E-state index in [2.05, 4.69) is 4.98 Å². The molecular weight excluding hydrogens is 364 g/mol. The molecule has 1 amide bonds. The SMILES string of the molecule is Cc1ccc(C2C(=C(O)c3ccccc3)C(=O)C(=O)N2c2cccc(C)n2)cc1. The number of hydrogen-bond donors (Lipinski definition) is 1. The van der Waals surface area contributed by atoms with E-state index in [0.717, 1.165) is 16.8 Å². The molecule has 3 aromatic rings. The van der Waals surface area contributed by atoms with Gasteiger partial charge in [-0.1, -0.05) is 66.2 Å². The summed E-state index contributed by atoms with van der Waals surface area (Å²) in [6.45, 7) is 3.79. The third-order valence-corrected chi connectivity index (χ3v) is 5.01. The smallest absolute Gasteiger partial charge is 0.301 e. The lowest BCUT2D eigenvalue weighted by Gasteiger charge is -2.24. The highest BCUT2D eigenvalue weighted by Crippen LogP contribution is 2.41. The van der Waals surface area contributed by atoms with Crippen LogP contribution in [-0.2, 0) is 9.59 Å². The molecule has 0 radical (unpaired) electrons. The van der Waals surface area contributed by atoms with Gasteiger partial charge in [0, 0.05) is 11.3 Å². The molecule has 29 heavy (non-hydrogen) atoms. The molecule has 1 N–H and O–H groups in total. The van der Waals surface area contributed by atoms with E-state index in [-0.39, 0.29) is 11.3 Å². The highest BCUT2D eigenvalue weighted by atomic mass is 16.3. The number of aliphatic hydroxyl groups excluding tert-OH is 1. The van der Waals surface area contributed by atoms with Crippen molar-refractivity contribution >= 4 is 23.3 Å². The minimum Gasteiger partial charge on any atom is -0.507 e. The fraction of sp³-hybridized carbons (Fsp3) is 0.125. The van der Waals surface area contributed by atoms with E-state index in [1.54, 1.807) is 36.4 Å². The number of benzene rings is 2. The molecule has 1 saturated heterocycles. The Morgan fingerprint density at radius 2 is 1.59 bits per heavy atom. The first-order valence-electron chi connectivity index (χ1n) is 9.34.